The van der Waals surface area contributed by atoms with Crippen LogP contribution in [0.15, 0.2) is 24.3 Å². The van der Waals surface area contributed by atoms with Crippen molar-refractivity contribution >= 4 is 29.1 Å². The molecule has 158 valence electrons. The van der Waals surface area contributed by atoms with Gasteiger partial charge in [0.2, 0.25) is 11.8 Å². The lowest BCUT2D eigenvalue weighted by Gasteiger charge is -2.07. The van der Waals surface area contributed by atoms with Gasteiger partial charge >= 0.3 is 0 Å². The van der Waals surface area contributed by atoms with E-state index in [0.29, 0.717) is 10.7 Å². The number of carbonyl (C=O) groups is 2. The third kappa shape index (κ3) is 7.00. The minimum absolute atomic E-state index is 0.0924. The van der Waals surface area contributed by atoms with Crippen molar-refractivity contribution in [2.75, 3.05) is 5.32 Å². The molecule has 0 saturated heterocycles. The Hall–Kier alpha value is -2.14. The number of nitrogens with one attached hydrogen (secondary N) is 1. The highest BCUT2D eigenvalue weighted by Crippen LogP contribution is 2.21. The number of anilines is 1. The van der Waals surface area contributed by atoms with Gasteiger partial charge in [0, 0.05) is 18.5 Å². The first-order valence-corrected chi connectivity index (χ1v) is 10.9. The summed E-state index contributed by atoms with van der Waals surface area (Å²) in [5, 5.41) is 7.65. The predicted molar refractivity (Wildman–Crippen MR) is 119 cm³/mol. The fourth-order valence-corrected chi connectivity index (χ4v) is 3.65. The van der Waals surface area contributed by atoms with Crippen LogP contribution in [0.4, 0.5) is 5.69 Å². The van der Waals surface area contributed by atoms with Crippen LogP contribution in [0.2, 0.25) is 5.02 Å². The normalized spacial score (nSPS) is 10.9. The molecule has 2 rings (SSSR count). The third-order valence-electron chi connectivity index (χ3n) is 5.17. The molecule has 1 amide bonds. The molecule has 1 N–H and O–H groups in total. The van der Waals surface area contributed by atoms with Crippen LogP contribution < -0.4 is 5.32 Å². The summed E-state index contributed by atoms with van der Waals surface area (Å²) in [4.78, 5) is 24.8. The van der Waals surface area contributed by atoms with Gasteiger partial charge in [-0.3, -0.25) is 9.59 Å². The van der Waals surface area contributed by atoms with E-state index in [0.717, 1.165) is 29.8 Å². The summed E-state index contributed by atoms with van der Waals surface area (Å²) in [6.45, 7) is 6.11. The van der Waals surface area contributed by atoms with Gasteiger partial charge in [-0.25, -0.2) is 4.68 Å². The molecule has 29 heavy (non-hydrogen) atoms. The number of hydrogen-bond acceptors (Lipinski definition) is 3. The molecule has 0 bridgehead atoms. The van der Waals surface area contributed by atoms with Crippen molar-refractivity contribution in [1.82, 2.24) is 9.78 Å². The molecule has 1 aromatic carbocycles. The number of unbranched alkanes of at least 4 members (excludes halogenated alkanes) is 5. The van der Waals surface area contributed by atoms with E-state index in [1.165, 1.54) is 36.8 Å². The Bertz CT molecular complexity index is 830. The van der Waals surface area contributed by atoms with Crippen molar-refractivity contribution in [1.29, 1.82) is 0 Å². The predicted octanol–water partition coefficient (Wildman–Crippen LogP) is 6.12. The maximum atomic E-state index is 12.6. The van der Waals surface area contributed by atoms with E-state index in [4.69, 9.17) is 11.6 Å². The number of benzene rings is 1. The van der Waals surface area contributed by atoms with Crippen LogP contribution in [0.1, 0.15) is 80.0 Å². The van der Waals surface area contributed by atoms with Gasteiger partial charge < -0.3 is 5.32 Å². The van der Waals surface area contributed by atoms with Gasteiger partial charge in [-0.15, -0.1) is 0 Å². The van der Waals surface area contributed by atoms with Crippen LogP contribution in [-0.4, -0.2) is 21.6 Å². The van der Waals surface area contributed by atoms with Crippen molar-refractivity contribution < 1.29 is 9.59 Å². The fourth-order valence-electron chi connectivity index (χ4n) is 3.46. The van der Waals surface area contributed by atoms with E-state index in [1.54, 1.807) is 24.3 Å². The zero-order chi connectivity index (χ0) is 21.2. The van der Waals surface area contributed by atoms with Gasteiger partial charge in [-0.1, -0.05) is 62.8 Å². The molecule has 0 aliphatic heterocycles. The van der Waals surface area contributed by atoms with E-state index in [2.05, 4.69) is 17.3 Å². The zero-order valence-corrected chi connectivity index (χ0v) is 18.5. The molecule has 5 nitrogen and oxygen atoms in total. The first-order chi connectivity index (χ1) is 13.9. The van der Waals surface area contributed by atoms with E-state index in [9.17, 15) is 9.59 Å². The largest absolute Gasteiger partial charge is 0.325 e. The topological polar surface area (TPSA) is 64.0 Å². The van der Waals surface area contributed by atoms with Gasteiger partial charge in [0.05, 0.1) is 16.4 Å². The van der Waals surface area contributed by atoms with Gasteiger partial charge in [0.25, 0.3) is 0 Å². The molecular formula is C23H32ClN3O2. The SMILES string of the molecule is CCCCCCCCc1c(C)nn(C(=O)CCC(=O)Nc2ccccc2Cl)c1C. The van der Waals surface area contributed by atoms with Gasteiger partial charge in [0.1, 0.15) is 0 Å². The third-order valence-corrected chi connectivity index (χ3v) is 5.50. The summed E-state index contributed by atoms with van der Waals surface area (Å²) in [5.74, 6) is -0.394. The highest BCUT2D eigenvalue weighted by molar-refractivity contribution is 6.33. The summed E-state index contributed by atoms with van der Waals surface area (Å²) < 4.78 is 1.46. The molecule has 0 atom stereocenters. The number of aryl methyl sites for hydroxylation is 1. The second-order valence-electron chi connectivity index (χ2n) is 7.50. The number of para-hydroxylation sites is 1. The molecular weight excluding hydrogens is 386 g/mol. The maximum Gasteiger partial charge on any atom is 0.247 e. The monoisotopic (exact) mass is 417 g/mol. The van der Waals surface area contributed by atoms with Crippen LogP contribution >= 0.6 is 11.6 Å². The first kappa shape index (κ1) is 23.1. The maximum absolute atomic E-state index is 12.6. The molecule has 1 heterocycles. The molecule has 1 aromatic heterocycles. The second kappa shape index (κ2) is 11.8. The molecule has 0 unspecified atom stereocenters. The Labute approximate surface area is 178 Å². The van der Waals surface area contributed by atoms with Crippen LogP contribution in [0.5, 0.6) is 0 Å². The summed E-state index contributed by atoms with van der Waals surface area (Å²) in [7, 11) is 0. The van der Waals surface area contributed by atoms with Crippen molar-refractivity contribution in [2.45, 2.75) is 78.6 Å². The van der Waals surface area contributed by atoms with Crippen LogP contribution in [-0.2, 0) is 11.2 Å². The first-order valence-electron chi connectivity index (χ1n) is 10.6. The molecule has 0 spiro atoms. The summed E-state index contributed by atoms with van der Waals surface area (Å²) >= 11 is 6.05. The lowest BCUT2D eigenvalue weighted by Crippen LogP contribution is -2.18. The number of hydrogen-bond donors (Lipinski definition) is 1. The average Bonchev–Trinajstić information content (AvgIpc) is 2.98. The quantitative estimate of drug-likeness (QED) is 0.448. The number of nitrogens with zero attached hydrogens (tertiary/aromatic N) is 2. The zero-order valence-electron chi connectivity index (χ0n) is 17.8. The standard InChI is InChI=1S/C23H32ClN3O2/c1-4-5-6-7-8-9-12-19-17(2)26-27(18(19)3)23(29)16-15-22(28)25-21-14-11-10-13-20(21)24/h10-11,13-14H,4-9,12,15-16H2,1-3H3,(H,25,28). The summed E-state index contributed by atoms with van der Waals surface area (Å²) in [5.41, 5.74) is 3.52. The minimum atomic E-state index is -0.236. The second-order valence-corrected chi connectivity index (χ2v) is 7.91. The van der Waals surface area contributed by atoms with Gasteiger partial charge in [-0.2, -0.15) is 5.10 Å². The molecule has 0 saturated carbocycles. The number of rotatable bonds is 11. The summed E-state index contributed by atoms with van der Waals surface area (Å²) in [6, 6.07) is 7.04. The van der Waals surface area contributed by atoms with Crippen molar-refractivity contribution in [3.05, 3.63) is 46.2 Å². The number of carbonyl (C=O) groups excluding carboxylic acids is 2. The van der Waals surface area contributed by atoms with Crippen LogP contribution in [0, 0.1) is 13.8 Å². The Kier molecular flexibility index (Phi) is 9.39. The van der Waals surface area contributed by atoms with Crippen molar-refractivity contribution in [3.8, 4) is 0 Å². The number of aromatic nitrogens is 2. The minimum Gasteiger partial charge on any atom is -0.325 e. The van der Waals surface area contributed by atoms with Gasteiger partial charge in [-0.05, 0) is 44.4 Å². The Morgan fingerprint density at radius 1 is 1.03 bits per heavy atom. The molecule has 6 heteroatoms. The molecule has 0 aliphatic rings. The molecule has 0 aliphatic carbocycles. The fraction of sp³-hybridized carbons (Fsp3) is 0.522. The molecule has 0 fully saturated rings. The van der Waals surface area contributed by atoms with E-state index >= 15 is 0 Å². The smallest absolute Gasteiger partial charge is 0.247 e. The Morgan fingerprint density at radius 2 is 1.72 bits per heavy atom. The molecule has 0 radical (unpaired) electrons. The lowest BCUT2D eigenvalue weighted by molar-refractivity contribution is -0.116. The van der Waals surface area contributed by atoms with Crippen molar-refractivity contribution in [2.24, 2.45) is 0 Å². The number of halogens is 1. The van der Waals surface area contributed by atoms with E-state index in [1.807, 2.05) is 13.8 Å². The van der Waals surface area contributed by atoms with E-state index < -0.39 is 0 Å². The number of amides is 1. The summed E-state index contributed by atoms with van der Waals surface area (Å²) in [6.07, 6.45) is 8.58. The van der Waals surface area contributed by atoms with Crippen molar-refractivity contribution in [3.63, 3.8) is 0 Å². The average molecular weight is 418 g/mol. The molecule has 2 aromatic rings. The lowest BCUT2D eigenvalue weighted by atomic mass is 10.0. The Morgan fingerprint density at radius 3 is 2.45 bits per heavy atom. The van der Waals surface area contributed by atoms with Crippen LogP contribution in [0.3, 0.4) is 0 Å². The van der Waals surface area contributed by atoms with E-state index in [-0.39, 0.29) is 24.7 Å². The van der Waals surface area contributed by atoms with Gasteiger partial charge in [0.15, 0.2) is 0 Å². The Balaban J connectivity index is 1.85. The highest BCUT2D eigenvalue weighted by atomic mass is 35.5. The van der Waals surface area contributed by atoms with Crippen LogP contribution in [0.25, 0.3) is 0 Å². The highest BCUT2D eigenvalue weighted by Gasteiger charge is 2.17.